The molecule has 0 aromatic heterocycles. The number of rotatable bonds is 4. The van der Waals surface area contributed by atoms with E-state index in [1.165, 1.54) is 0 Å². The molecule has 0 amide bonds. The first-order chi connectivity index (χ1) is 6.91. The predicted octanol–water partition coefficient (Wildman–Crippen LogP) is 1.74. The van der Waals surface area contributed by atoms with Crippen molar-refractivity contribution in [2.45, 2.75) is 20.3 Å². The third kappa shape index (κ3) is 10.1. The normalized spacial score (nSPS) is 12.3. The first-order valence-corrected chi connectivity index (χ1v) is 5.67. The van der Waals surface area contributed by atoms with Crippen LogP contribution >= 0.6 is 49.7 Å². The van der Waals surface area contributed by atoms with Crippen molar-refractivity contribution in [3.05, 3.63) is 0 Å². The molecule has 0 aliphatic rings. The van der Waals surface area contributed by atoms with Crippen LogP contribution in [0.2, 0.25) is 0 Å². The topological polar surface area (TPSA) is 48.8 Å². The van der Waals surface area contributed by atoms with E-state index in [1.54, 1.807) is 0 Å². The monoisotopic (exact) mass is 280 g/mol. The number of nitrogens with one attached hydrogen (secondary N) is 2. The van der Waals surface area contributed by atoms with Crippen LogP contribution in [0.1, 0.15) is 20.3 Å². The summed E-state index contributed by atoms with van der Waals surface area (Å²) in [6, 6.07) is 0. The van der Waals surface area contributed by atoms with Crippen LogP contribution in [0.5, 0.6) is 0 Å². The summed E-state index contributed by atoms with van der Waals surface area (Å²) in [4.78, 5) is 0. The molecule has 0 bridgehead atoms. The number of thiocarbonyl (C=S) groups is 2. The van der Waals surface area contributed by atoms with Gasteiger partial charge in [-0.25, -0.2) is 0 Å². The van der Waals surface area contributed by atoms with Crippen LogP contribution in [-0.2, 0) is 0 Å². The van der Waals surface area contributed by atoms with E-state index in [4.69, 9.17) is 0 Å². The Hall–Kier alpha value is -0.180. The van der Waals surface area contributed by atoms with Gasteiger partial charge in [-0.3, -0.25) is 10.9 Å². The van der Waals surface area contributed by atoms with E-state index in [9.17, 15) is 0 Å². The van der Waals surface area contributed by atoms with Gasteiger partial charge in [-0.05, 0) is 13.8 Å². The van der Waals surface area contributed by atoms with Crippen LogP contribution in [0, 0.1) is 0 Å². The molecule has 0 heterocycles. The van der Waals surface area contributed by atoms with E-state index in [-0.39, 0.29) is 0 Å². The number of hydrogen-bond acceptors (Lipinski definition) is 4. The van der Waals surface area contributed by atoms with E-state index in [2.05, 4.69) is 70.7 Å². The summed E-state index contributed by atoms with van der Waals surface area (Å²) in [6.45, 7) is 3.72. The van der Waals surface area contributed by atoms with Crippen LogP contribution in [-0.4, -0.2) is 20.1 Å². The van der Waals surface area contributed by atoms with Crippen molar-refractivity contribution in [1.82, 2.24) is 10.9 Å². The Kier molecular flexibility index (Phi) is 7.93. The maximum atomic E-state index is 4.69. The summed E-state index contributed by atoms with van der Waals surface area (Å²) in [7, 11) is 0. The molecule has 0 saturated carbocycles. The average molecular weight is 280 g/mol. The van der Waals surface area contributed by atoms with Crippen LogP contribution in [0.3, 0.4) is 0 Å². The standard InChI is InChI=1S/C7H12N4S4/c1-4(8-10-6(12)13)3-5(2)9-11-7(14)15/h3H2,1-2H3,(H2,10,12,13)(H2,11,14,15)/b8-4-,9-5+. The fourth-order valence-corrected chi connectivity index (χ4v) is 0.927. The first kappa shape index (κ1) is 14.8. The highest BCUT2D eigenvalue weighted by molar-refractivity contribution is 8.11. The molecule has 0 unspecified atom stereocenters. The van der Waals surface area contributed by atoms with E-state index in [0.717, 1.165) is 11.4 Å². The zero-order valence-corrected chi connectivity index (χ0v) is 11.7. The van der Waals surface area contributed by atoms with E-state index >= 15 is 0 Å². The molecule has 0 aliphatic carbocycles. The summed E-state index contributed by atoms with van der Waals surface area (Å²) in [6.07, 6.45) is 0.618. The third-order valence-corrected chi connectivity index (χ3v) is 1.58. The van der Waals surface area contributed by atoms with Gasteiger partial charge in [0.05, 0.1) is 0 Å². The minimum absolute atomic E-state index is 0.332. The SMILES string of the molecule is C/C(C/C(C)=N/NC(=S)S)=N/NC(=S)S. The van der Waals surface area contributed by atoms with E-state index in [1.807, 2.05) is 13.8 Å². The van der Waals surface area contributed by atoms with E-state index in [0.29, 0.717) is 15.1 Å². The lowest BCUT2D eigenvalue weighted by Gasteiger charge is -2.02. The minimum Gasteiger partial charge on any atom is -0.263 e. The zero-order valence-electron chi connectivity index (χ0n) is 8.31. The summed E-state index contributed by atoms with van der Waals surface area (Å²) < 4.78 is 0.664. The third-order valence-electron chi connectivity index (χ3n) is 1.20. The molecule has 0 rings (SSSR count). The molecule has 0 aliphatic heterocycles. The minimum atomic E-state index is 0.332. The van der Waals surface area contributed by atoms with Gasteiger partial charge in [-0.2, -0.15) is 10.2 Å². The molecule has 2 N–H and O–H groups in total. The molecule has 0 aromatic rings. The highest BCUT2D eigenvalue weighted by Gasteiger charge is 1.96. The van der Waals surface area contributed by atoms with Crippen molar-refractivity contribution in [3.63, 3.8) is 0 Å². The van der Waals surface area contributed by atoms with Crippen molar-refractivity contribution < 1.29 is 0 Å². The fraction of sp³-hybridized carbons (Fsp3) is 0.429. The molecular formula is C7H12N4S4. The molecule has 0 spiro atoms. The number of hydrogen-bond donors (Lipinski definition) is 4. The second-order valence-corrected chi connectivity index (χ2v) is 5.02. The maximum Gasteiger partial charge on any atom is 0.150 e. The van der Waals surface area contributed by atoms with Gasteiger partial charge < -0.3 is 0 Å². The molecule has 0 atom stereocenters. The van der Waals surface area contributed by atoms with Crippen LogP contribution in [0.25, 0.3) is 0 Å². The maximum absolute atomic E-state index is 4.69. The van der Waals surface area contributed by atoms with Gasteiger partial charge in [0.25, 0.3) is 0 Å². The Labute approximate surface area is 111 Å². The second-order valence-electron chi connectivity index (χ2n) is 2.70. The predicted molar refractivity (Wildman–Crippen MR) is 80.3 cm³/mol. The van der Waals surface area contributed by atoms with Gasteiger partial charge in [-0.15, -0.1) is 25.3 Å². The first-order valence-electron chi connectivity index (χ1n) is 3.96. The van der Waals surface area contributed by atoms with Crippen molar-refractivity contribution in [2.75, 3.05) is 0 Å². The molecule has 84 valence electrons. The largest absolute Gasteiger partial charge is 0.263 e. The lowest BCUT2D eigenvalue weighted by Crippen LogP contribution is -2.15. The van der Waals surface area contributed by atoms with Crippen molar-refractivity contribution >= 4 is 69.8 Å². The second kappa shape index (κ2) is 8.03. The molecule has 0 aromatic carbocycles. The van der Waals surface area contributed by atoms with Gasteiger partial charge in [0.1, 0.15) is 0 Å². The van der Waals surface area contributed by atoms with Gasteiger partial charge in [0.15, 0.2) is 8.64 Å². The molecule has 0 saturated heterocycles. The summed E-state index contributed by atoms with van der Waals surface area (Å²) >= 11 is 17.1. The summed E-state index contributed by atoms with van der Waals surface area (Å²) in [5.41, 5.74) is 6.86. The molecule has 15 heavy (non-hydrogen) atoms. The Bertz CT molecular complexity index is 280. The number of hydrazone groups is 2. The van der Waals surface area contributed by atoms with Crippen LogP contribution in [0.4, 0.5) is 0 Å². The van der Waals surface area contributed by atoms with Crippen LogP contribution in [0.15, 0.2) is 10.2 Å². The molecule has 0 radical (unpaired) electrons. The summed E-state index contributed by atoms with van der Waals surface area (Å²) in [5.74, 6) is 0. The van der Waals surface area contributed by atoms with Gasteiger partial charge in [-0.1, -0.05) is 24.4 Å². The van der Waals surface area contributed by atoms with Crippen molar-refractivity contribution in [2.24, 2.45) is 10.2 Å². The van der Waals surface area contributed by atoms with Gasteiger partial charge in [0.2, 0.25) is 0 Å². The lowest BCUT2D eigenvalue weighted by molar-refractivity contribution is 1.03. The average Bonchev–Trinajstić information content (AvgIpc) is 2.11. The van der Waals surface area contributed by atoms with Crippen LogP contribution < -0.4 is 10.9 Å². The molecule has 8 heteroatoms. The number of thiol groups is 2. The van der Waals surface area contributed by atoms with Gasteiger partial charge >= 0.3 is 0 Å². The van der Waals surface area contributed by atoms with Crippen molar-refractivity contribution in [1.29, 1.82) is 0 Å². The highest BCUT2D eigenvalue weighted by Crippen LogP contribution is 1.91. The molecular weight excluding hydrogens is 268 g/mol. The Morgan fingerprint density at radius 2 is 1.33 bits per heavy atom. The van der Waals surface area contributed by atoms with E-state index < -0.39 is 0 Å². The number of nitrogens with zero attached hydrogens (tertiary/aromatic N) is 2. The smallest absolute Gasteiger partial charge is 0.150 e. The molecule has 0 fully saturated rings. The summed E-state index contributed by atoms with van der Waals surface area (Å²) in [5, 5.41) is 7.96. The zero-order chi connectivity index (χ0) is 11.8. The quantitative estimate of drug-likeness (QED) is 0.274. The fourth-order valence-electron chi connectivity index (χ4n) is 0.736. The Morgan fingerprint density at radius 3 is 1.60 bits per heavy atom. The lowest BCUT2D eigenvalue weighted by atomic mass is 10.2. The Morgan fingerprint density at radius 1 is 1.00 bits per heavy atom. The Balaban J connectivity index is 4.10. The highest BCUT2D eigenvalue weighted by atomic mass is 32.1. The van der Waals surface area contributed by atoms with Gasteiger partial charge in [0, 0.05) is 17.8 Å². The van der Waals surface area contributed by atoms with Crippen molar-refractivity contribution in [3.8, 4) is 0 Å². The molecule has 4 nitrogen and oxygen atoms in total.